The average Bonchev–Trinajstić information content (AvgIpc) is 3.32. The van der Waals surface area contributed by atoms with E-state index in [1.165, 1.54) is 18.4 Å². The fraction of sp³-hybridized carbons (Fsp3) is 0.316. The molecule has 0 heterocycles. The zero-order valence-corrected chi connectivity index (χ0v) is 13.6. The van der Waals surface area contributed by atoms with Gasteiger partial charge in [-0.3, -0.25) is 4.79 Å². The quantitative estimate of drug-likeness (QED) is 0.714. The number of hydrogen-bond donors (Lipinski definition) is 0. The van der Waals surface area contributed by atoms with Crippen LogP contribution in [0.2, 0.25) is 0 Å². The highest BCUT2D eigenvalue weighted by atomic mass is 35.5. The molecule has 2 nitrogen and oxygen atoms in total. The average molecular weight is 315 g/mol. The molecule has 0 spiro atoms. The Bertz CT molecular complexity index is 717. The van der Waals surface area contributed by atoms with Crippen LogP contribution in [-0.2, 0) is 6.61 Å². The van der Waals surface area contributed by atoms with E-state index in [9.17, 15) is 4.79 Å². The molecule has 0 aromatic heterocycles. The van der Waals surface area contributed by atoms with Crippen LogP contribution in [0.1, 0.15) is 51.4 Å². The van der Waals surface area contributed by atoms with Crippen LogP contribution in [0.4, 0.5) is 0 Å². The first-order valence-corrected chi connectivity index (χ1v) is 7.95. The fourth-order valence-corrected chi connectivity index (χ4v) is 2.92. The van der Waals surface area contributed by atoms with Crippen LogP contribution >= 0.6 is 11.6 Å². The molecule has 0 radical (unpaired) electrons. The first-order valence-electron chi connectivity index (χ1n) is 7.58. The highest BCUT2D eigenvalue weighted by molar-refractivity contribution is 6.67. The highest BCUT2D eigenvalue weighted by Gasteiger charge is 2.28. The van der Waals surface area contributed by atoms with Gasteiger partial charge in [0.15, 0.2) is 0 Å². The van der Waals surface area contributed by atoms with Gasteiger partial charge in [0.25, 0.3) is 5.24 Å². The van der Waals surface area contributed by atoms with Gasteiger partial charge in [0, 0.05) is 11.1 Å². The summed E-state index contributed by atoms with van der Waals surface area (Å²) < 4.78 is 6.00. The Morgan fingerprint density at radius 2 is 2.00 bits per heavy atom. The minimum atomic E-state index is -0.415. The van der Waals surface area contributed by atoms with Gasteiger partial charge < -0.3 is 4.74 Å². The second-order valence-corrected chi connectivity index (χ2v) is 6.32. The number of ether oxygens (including phenoxy) is 1. The van der Waals surface area contributed by atoms with Crippen molar-refractivity contribution in [2.45, 2.75) is 39.2 Å². The Hall–Kier alpha value is -1.80. The molecule has 0 N–H and O–H groups in total. The molecule has 3 rings (SSSR count). The lowest BCUT2D eigenvalue weighted by molar-refractivity contribution is 0.107. The molecule has 0 aliphatic heterocycles. The molecule has 1 fully saturated rings. The minimum Gasteiger partial charge on any atom is -0.489 e. The van der Waals surface area contributed by atoms with E-state index < -0.39 is 5.24 Å². The fourth-order valence-electron chi connectivity index (χ4n) is 2.74. The monoisotopic (exact) mass is 314 g/mol. The van der Waals surface area contributed by atoms with Crippen LogP contribution in [0.5, 0.6) is 5.75 Å². The number of hydrogen-bond acceptors (Lipinski definition) is 2. The van der Waals surface area contributed by atoms with Crippen molar-refractivity contribution in [1.82, 2.24) is 0 Å². The number of carbonyl (C=O) groups is 1. The van der Waals surface area contributed by atoms with Crippen molar-refractivity contribution in [3.05, 3.63) is 64.2 Å². The lowest BCUT2D eigenvalue weighted by Gasteiger charge is -2.15. The smallest absolute Gasteiger partial charge is 0.252 e. The number of benzene rings is 2. The first-order chi connectivity index (χ1) is 10.6. The van der Waals surface area contributed by atoms with Crippen molar-refractivity contribution in [2.24, 2.45) is 0 Å². The van der Waals surface area contributed by atoms with Crippen LogP contribution in [-0.4, -0.2) is 5.24 Å². The SMILES string of the molecule is Cc1ccc(C)c(OCc2c(C(=O)Cl)cccc2C2CC2)c1. The van der Waals surface area contributed by atoms with E-state index in [0.717, 1.165) is 22.4 Å². The van der Waals surface area contributed by atoms with E-state index in [2.05, 4.69) is 12.1 Å². The molecule has 0 bridgehead atoms. The molecular formula is C19H19ClO2. The van der Waals surface area contributed by atoms with Crippen molar-refractivity contribution in [2.75, 3.05) is 0 Å². The standard InChI is InChI=1S/C19H19ClO2/c1-12-6-7-13(2)18(10-12)22-11-17-15(14-8-9-14)4-3-5-16(17)19(20)21/h3-7,10,14H,8-9,11H2,1-2H3. The summed E-state index contributed by atoms with van der Waals surface area (Å²) in [5, 5.41) is -0.415. The molecule has 1 aliphatic rings. The molecule has 3 heteroatoms. The zero-order chi connectivity index (χ0) is 15.7. The van der Waals surface area contributed by atoms with Gasteiger partial charge in [-0.25, -0.2) is 0 Å². The Labute approximate surface area is 136 Å². The Morgan fingerprint density at radius 3 is 2.68 bits per heavy atom. The maximum Gasteiger partial charge on any atom is 0.252 e. The third kappa shape index (κ3) is 3.17. The van der Waals surface area contributed by atoms with Gasteiger partial charge in [-0.1, -0.05) is 24.3 Å². The second-order valence-electron chi connectivity index (χ2n) is 5.98. The summed E-state index contributed by atoms with van der Waals surface area (Å²) in [7, 11) is 0. The maximum absolute atomic E-state index is 11.7. The number of aryl methyl sites for hydroxylation is 2. The molecule has 1 saturated carbocycles. The van der Waals surface area contributed by atoms with Crippen molar-refractivity contribution in [1.29, 1.82) is 0 Å². The lowest BCUT2D eigenvalue weighted by atomic mass is 9.99. The third-order valence-electron chi connectivity index (χ3n) is 4.16. The van der Waals surface area contributed by atoms with Crippen molar-refractivity contribution < 1.29 is 9.53 Å². The zero-order valence-electron chi connectivity index (χ0n) is 12.9. The highest BCUT2D eigenvalue weighted by Crippen LogP contribution is 2.42. The lowest BCUT2D eigenvalue weighted by Crippen LogP contribution is -2.07. The molecule has 0 saturated heterocycles. The van der Waals surface area contributed by atoms with E-state index in [4.69, 9.17) is 16.3 Å². The van der Waals surface area contributed by atoms with Crippen LogP contribution < -0.4 is 4.74 Å². The maximum atomic E-state index is 11.7. The minimum absolute atomic E-state index is 0.380. The molecule has 2 aromatic rings. The summed E-state index contributed by atoms with van der Waals surface area (Å²) in [5.74, 6) is 1.41. The van der Waals surface area contributed by atoms with Gasteiger partial charge in [-0.15, -0.1) is 0 Å². The van der Waals surface area contributed by atoms with Crippen LogP contribution in [0.3, 0.4) is 0 Å². The van der Waals surface area contributed by atoms with Crippen LogP contribution in [0, 0.1) is 13.8 Å². The van der Waals surface area contributed by atoms with Gasteiger partial charge in [0.1, 0.15) is 12.4 Å². The largest absolute Gasteiger partial charge is 0.489 e. The van der Waals surface area contributed by atoms with E-state index in [1.54, 1.807) is 6.07 Å². The molecule has 2 aromatic carbocycles. The molecule has 0 atom stereocenters. The van der Waals surface area contributed by atoms with Gasteiger partial charge in [0.2, 0.25) is 0 Å². The van der Waals surface area contributed by atoms with Gasteiger partial charge >= 0.3 is 0 Å². The molecule has 0 amide bonds. The summed E-state index contributed by atoms with van der Waals surface area (Å²) >= 11 is 5.75. The van der Waals surface area contributed by atoms with Gasteiger partial charge in [-0.2, -0.15) is 0 Å². The van der Waals surface area contributed by atoms with Gasteiger partial charge in [-0.05, 0) is 73.0 Å². The normalized spacial score (nSPS) is 14.0. The van der Waals surface area contributed by atoms with Gasteiger partial charge in [0.05, 0.1) is 0 Å². The predicted molar refractivity (Wildman–Crippen MR) is 88.8 cm³/mol. The predicted octanol–water partition coefficient (Wildman–Crippen LogP) is 5.14. The van der Waals surface area contributed by atoms with Crippen LogP contribution in [0.15, 0.2) is 36.4 Å². The van der Waals surface area contributed by atoms with E-state index in [-0.39, 0.29) is 0 Å². The summed E-state index contributed by atoms with van der Waals surface area (Å²) in [6, 6.07) is 11.9. The van der Waals surface area contributed by atoms with Crippen molar-refractivity contribution in [3.63, 3.8) is 0 Å². The summed E-state index contributed by atoms with van der Waals surface area (Å²) in [4.78, 5) is 11.7. The van der Waals surface area contributed by atoms with Crippen molar-refractivity contribution >= 4 is 16.8 Å². The molecular weight excluding hydrogens is 296 g/mol. The van der Waals surface area contributed by atoms with Crippen LogP contribution in [0.25, 0.3) is 0 Å². The first kappa shape index (κ1) is 15.1. The van der Waals surface area contributed by atoms with E-state index >= 15 is 0 Å². The number of halogens is 1. The third-order valence-corrected chi connectivity index (χ3v) is 4.36. The van der Waals surface area contributed by atoms with E-state index in [0.29, 0.717) is 18.1 Å². The summed E-state index contributed by atoms with van der Waals surface area (Å²) in [6.07, 6.45) is 2.35. The molecule has 1 aliphatic carbocycles. The summed E-state index contributed by atoms with van der Waals surface area (Å²) in [5.41, 5.74) is 4.96. The Balaban J connectivity index is 1.91. The Kier molecular flexibility index (Phi) is 4.21. The molecule has 22 heavy (non-hydrogen) atoms. The van der Waals surface area contributed by atoms with E-state index in [1.807, 2.05) is 32.0 Å². The number of rotatable bonds is 5. The van der Waals surface area contributed by atoms with Crippen molar-refractivity contribution in [3.8, 4) is 5.75 Å². The Morgan fingerprint density at radius 1 is 1.23 bits per heavy atom. The molecule has 0 unspecified atom stereocenters. The second kappa shape index (κ2) is 6.13. The topological polar surface area (TPSA) is 26.3 Å². The summed E-state index contributed by atoms with van der Waals surface area (Å²) in [6.45, 7) is 4.44. The number of carbonyl (C=O) groups excluding carboxylic acids is 1. The molecule has 114 valence electrons.